The van der Waals surface area contributed by atoms with E-state index in [0.717, 1.165) is 25.7 Å². The standard InChI is InChI=1S/C17H27NO2S/c1-3-12-21(19,20)13-11-15-9-6-8-14-7-4-5-10-16(14)17(15)18-2/h4-5,7,10,15,17-18H,3,6,8-9,11-13H2,1-2H3. The third-order valence-electron chi connectivity index (χ3n) is 4.51. The summed E-state index contributed by atoms with van der Waals surface area (Å²) in [5, 5.41) is 3.42. The van der Waals surface area contributed by atoms with Gasteiger partial charge in [-0.1, -0.05) is 31.2 Å². The van der Waals surface area contributed by atoms with Crippen LogP contribution in [-0.2, 0) is 16.3 Å². The maximum absolute atomic E-state index is 12.0. The molecule has 1 aromatic carbocycles. The number of benzene rings is 1. The molecule has 0 heterocycles. The van der Waals surface area contributed by atoms with Gasteiger partial charge in [-0.2, -0.15) is 0 Å². The lowest BCUT2D eigenvalue weighted by atomic mass is 9.89. The van der Waals surface area contributed by atoms with Gasteiger partial charge in [0.25, 0.3) is 0 Å². The quantitative estimate of drug-likeness (QED) is 0.821. The molecule has 0 amide bonds. The Morgan fingerprint density at radius 3 is 2.71 bits per heavy atom. The molecule has 2 unspecified atom stereocenters. The molecule has 0 aromatic heterocycles. The molecule has 0 bridgehead atoms. The summed E-state index contributed by atoms with van der Waals surface area (Å²) in [6.45, 7) is 1.93. The van der Waals surface area contributed by atoms with Crippen LogP contribution in [0.5, 0.6) is 0 Å². The van der Waals surface area contributed by atoms with Gasteiger partial charge in [0, 0.05) is 11.8 Å². The van der Waals surface area contributed by atoms with Gasteiger partial charge in [-0.25, -0.2) is 8.42 Å². The lowest BCUT2D eigenvalue weighted by molar-refractivity contribution is 0.351. The van der Waals surface area contributed by atoms with Gasteiger partial charge >= 0.3 is 0 Å². The Kier molecular flexibility index (Phi) is 5.82. The number of aryl methyl sites for hydroxylation is 1. The third-order valence-corrected chi connectivity index (χ3v) is 6.40. The lowest BCUT2D eigenvalue weighted by Crippen LogP contribution is -2.27. The van der Waals surface area contributed by atoms with Crippen LogP contribution in [0.4, 0.5) is 0 Å². The summed E-state index contributed by atoms with van der Waals surface area (Å²) in [6, 6.07) is 8.85. The van der Waals surface area contributed by atoms with Crippen LogP contribution in [0.3, 0.4) is 0 Å². The smallest absolute Gasteiger partial charge is 0.150 e. The Balaban J connectivity index is 2.13. The van der Waals surface area contributed by atoms with Gasteiger partial charge < -0.3 is 5.32 Å². The molecule has 0 fully saturated rings. The highest BCUT2D eigenvalue weighted by atomic mass is 32.2. The Bertz CT molecular complexity index is 554. The molecule has 0 saturated heterocycles. The fourth-order valence-electron chi connectivity index (χ4n) is 3.49. The molecular weight excluding hydrogens is 282 g/mol. The monoisotopic (exact) mass is 309 g/mol. The van der Waals surface area contributed by atoms with Gasteiger partial charge in [0.1, 0.15) is 9.84 Å². The first-order valence-corrected chi connectivity index (χ1v) is 9.85. The van der Waals surface area contributed by atoms with Crippen LogP contribution in [0.1, 0.15) is 49.8 Å². The molecule has 2 atom stereocenters. The summed E-state index contributed by atoms with van der Waals surface area (Å²) in [4.78, 5) is 0. The van der Waals surface area contributed by atoms with E-state index in [0.29, 0.717) is 23.8 Å². The zero-order valence-electron chi connectivity index (χ0n) is 13.1. The van der Waals surface area contributed by atoms with Crippen LogP contribution in [0.15, 0.2) is 24.3 Å². The minimum Gasteiger partial charge on any atom is -0.313 e. The van der Waals surface area contributed by atoms with E-state index in [1.54, 1.807) is 0 Å². The molecule has 118 valence electrons. The topological polar surface area (TPSA) is 46.2 Å². The van der Waals surface area contributed by atoms with Gasteiger partial charge in [-0.3, -0.25) is 0 Å². The van der Waals surface area contributed by atoms with E-state index in [1.807, 2.05) is 14.0 Å². The number of rotatable bonds is 6. The molecular formula is C17H27NO2S. The lowest BCUT2D eigenvalue weighted by Gasteiger charge is -2.26. The normalized spacial score (nSPS) is 22.6. The van der Waals surface area contributed by atoms with E-state index in [9.17, 15) is 8.42 Å². The van der Waals surface area contributed by atoms with Crippen molar-refractivity contribution in [2.24, 2.45) is 5.92 Å². The van der Waals surface area contributed by atoms with E-state index in [2.05, 4.69) is 29.6 Å². The number of sulfone groups is 1. The van der Waals surface area contributed by atoms with E-state index in [-0.39, 0.29) is 6.04 Å². The van der Waals surface area contributed by atoms with Gasteiger partial charge in [0.2, 0.25) is 0 Å². The first-order chi connectivity index (χ1) is 10.1. The molecule has 4 heteroatoms. The molecule has 1 aliphatic carbocycles. The van der Waals surface area contributed by atoms with Crippen LogP contribution in [0.2, 0.25) is 0 Å². The SMILES string of the molecule is CCCS(=O)(=O)CCC1CCCc2ccccc2C1NC. The van der Waals surface area contributed by atoms with Crippen LogP contribution >= 0.6 is 0 Å². The van der Waals surface area contributed by atoms with Crippen molar-refractivity contribution in [3.8, 4) is 0 Å². The van der Waals surface area contributed by atoms with Crippen molar-refractivity contribution in [1.82, 2.24) is 5.32 Å². The maximum atomic E-state index is 12.0. The average molecular weight is 309 g/mol. The molecule has 0 saturated carbocycles. The molecule has 21 heavy (non-hydrogen) atoms. The molecule has 0 aliphatic heterocycles. The fourth-order valence-corrected chi connectivity index (χ4v) is 4.97. The summed E-state index contributed by atoms with van der Waals surface area (Å²) in [6.07, 6.45) is 4.83. The Morgan fingerprint density at radius 1 is 1.24 bits per heavy atom. The van der Waals surface area contributed by atoms with Crippen molar-refractivity contribution in [3.05, 3.63) is 35.4 Å². The number of hydrogen-bond acceptors (Lipinski definition) is 3. The zero-order chi connectivity index (χ0) is 15.3. The van der Waals surface area contributed by atoms with Crippen molar-refractivity contribution in [2.75, 3.05) is 18.6 Å². The summed E-state index contributed by atoms with van der Waals surface area (Å²) in [7, 11) is -0.893. The van der Waals surface area contributed by atoms with E-state index >= 15 is 0 Å². The highest BCUT2D eigenvalue weighted by Crippen LogP contribution is 2.35. The van der Waals surface area contributed by atoms with Gasteiger partial charge in [-0.15, -0.1) is 0 Å². The predicted octanol–water partition coefficient (Wildman–Crippen LogP) is 3.11. The highest BCUT2D eigenvalue weighted by molar-refractivity contribution is 7.91. The van der Waals surface area contributed by atoms with Gasteiger partial charge in [0.15, 0.2) is 0 Å². The highest BCUT2D eigenvalue weighted by Gasteiger charge is 2.27. The minimum absolute atomic E-state index is 0.278. The summed E-state index contributed by atoms with van der Waals surface area (Å²) < 4.78 is 24.0. The van der Waals surface area contributed by atoms with Crippen molar-refractivity contribution in [2.45, 2.75) is 45.1 Å². The van der Waals surface area contributed by atoms with E-state index in [1.165, 1.54) is 11.1 Å². The summed E-state index contributed by atoms with van der Waals surface area (Å²) in [5.41, 5.74) is 2.77. The Labute approximate surface area is 129 Å². The summed E-state index contributed by atoms with van der Waals surface area (Å²) in [5.74, 6) is 1.05. The largest absolute Gasteiger partial charge is 0.313 e. The molecule has 0 spiro atoms. The van der Waals surface area contributed by atoms with Crippen LogP contribution in [0.25, 0.3) is 0 Å². The van der Waals surface area contributed by atoms with E-state index in [4.69, 9.17) is 0 Å². The van der Waals surface area contributed by atoms with Crippen LogP contribution < -0.4 is 5.32 Å². The van der Waals surface area contributed by atoms with Gasteiger partial charge in [-0.05, 0) is 56.2 Å². The zero-order valence-corrected chi connectivity index (χ0v) is 14.0. The number of nitrogens with one attached hydrogen (secondary N) is 1. The van der Waals surface area contributed by atoms with E-state index < -0.39 is 9.84 Å². The maximum Gasteiger partial charge on any atom is 0.150 e. The summed E-state index contributed by atoms with van der Waals surface area (Å²) >= 11 is 0. The van der Waals surface area contributed by atoms with Crippen molar-refractivity contribution in [1.29, 1.82) is 0 Å². The van der Waals surface area contributed by atoms with Crippen molar-refractivity contribution >= 4 is 9.84 Å². The predicted molar refractivity (Wildman–Crippen MR) is 88.2 cm³/mol. The molecule has 0 radical (unpaired) electrons. The molecule has 2 rings (SSSR count). The molecule has 1 N–H and O–H groups in total. The average Bonchev–Trinajstić information content (AvgIpc) is 2.63. The Morgan fingerprint density at radius 2 is 2.00 bits per heavy atom. The first-order valence-electron chi connectivity index (χ1n) is 8.03. The van der Waals surface area contributed by atoms with Crippen molar-refractivity contribution < 1.29 is 8.42 Å². The second-order valence-electron chi connectivity index (χ2n) is 6.06. The third kappa shape index (κ3) is 4.30. The molecule has 1 aromatic rings. The number of hydrogen-bond donors (Lipinski definition) is 1. The van der Waals surface area contributed by atoms with Crippen LogP contribution in [0, 0.1) is 5.92 Å². The second-order valence-corrected chi connectivity index (χ2v) is 8.36. The molecule has 3 nitrogen and oxygen atoms in total. The Hall–Kier alpha value is -0.870. The first kappa shape index (κ1) is 16.5. The second kappa shape index (κ2) is 7.41. The van der Waals surface area contributed by atoms with Crippen LogP contribution in [-0.4, -0.2) is 27.0 Å². The van der Waals surface area contributed by atoms with Gasteiger partial charge in [0.05, 0.1) is 5.75 Å². The van der Waals surface area contributed by atoms with Crippen molar-refractivity contribution in [3.63, 3.8) is 0 Å². The minimum atomic E-state index is -2.88. The fraction of sp³-hybridized carbons (Fsp3) is 0.647. The number of fused-ring (bicyclic) bond motifs is 1. The molecule has 1 aliphatic rings.